The topological polar surface area (TPSA) is 124 Å². The molecule has 1 fully saturated rings. The summed E-state index contributed by atoms with van der Waals surface area (Å²) < 4.78 is 45.2. The molecule has 10 nitrogen and oxygen atoms in total. The van der Waals surface area contributed by atoms with Gasteiger partial charge in [0.2, 0.25) is 5.88 Å². The molecular formula is C24H22ClF3N6O4. The second-order valence-electron chi connectivity index (χ2n) is 8.82. The highest BCUT2D eigenvalue weighted by Crippen LogP contribution is 2.43. The number of ether oxygens (including phenoxy) is 1. The van der Waals surface area contributed by atoms with Crippen molar-refractivity contribution in [3.8, 4) is 17.1 Å². The van der Waals surface area contributed by atoms with Crippen LogP contribution in [0, 0.1) is 0 Å². The number of pyridine rings is 1. The van der Waals surface area contributed by atoms with E-state index in [0.29, 0.717) is 25.2 Å². The minimum Gasteiger partial charge on any atom is -0.474 e. The van der Waals surface area contributed by atoms with E-state index in [1.54, 1.807) is 6.07 Å². The minimum absolute atomic E-state index is 0.0260. The predicted molar refractivity (Wildman–Crippen MR) is 132 cm³/mol. The minimum atomic E-state index is -4.54. The normalized spacial score (nSPS) is 17.3. The Labute approximate surface area is 219 Å². The molecule has 5 rings (SSSR count). The van der Waals surface area contributed by atoms with Crippen LogP contribution < -0.4 is 19.9 Å². The van der Waals surface area contributed by atoms with Crippen molar-refractivity contribution >= 4 is 35.0 Å². The second kappa shape index (κ2) is 10.2. The molecule has 200 valence electrons. The number of urea groups is 1. The maximum absolute atomic E-state index is 13.5. The summed E-state index contributed by atoms with van der Waals surface area (Å²) in [5, 5.41) is 21.2. The molecule has 2 aliphatic heterocycles. The molecule has 0 aliphatic carbocycles. The summed E-state index contributed by atoms with van der Waals surface area (Å²) in [6.07, 6.45) is -2.40. The number of amides is 2. The van der Waals surface area contributed by atoms with E-state index in [1.165, 1.54) is 29.4 Å². The Bertz CT molecular complexity index is 1360. The van der Waals surface area contributed by atoms with Gasteiger partial charge in [0, 0.05) is 18.7 Å². The molecule has 1 aromatic carbocycles. The number of halogens is 4. The molecule has 0 unspecified atom stereocenters. The molecule has 38 heavy (non-hydrogen) atoms. The van der Waals surface area contributed by atoms with Crippen molar-refractivity contribution in [3.05, 3.63) is 53.3 Å². The van der Waals surface area contributed by atoms with E-state index >= 15 is 0 Å². The zero-order valence-electron chi connectivity index (χ0n) is 19.7. The Hall–Kier alpha value is -3.68. The molecule has 2 aromatic heterocycles. The first kappa shape index (κ1) is 25.9. The average Bonchev–Trinajstić information content (AvgIpc) is 3.31. The number of rotatable bonds is 6. The van der Waals surface area contributed by atoms with Gasteiger partial charge in [0.25, 0.3) is 0 Å². The Morgan fingerprint density at radius 1 is 1.26 bits per heavy atom. The van der Waals surface area contributed by atoms with Gasteiger partial charge in [-0.25, -0.2) is 9.78 Å². The van der Waals surface area contributed by atoms with Crippen LogP contribution in [0.15, 0.2) is 42.7 Å². The van der Waals surface area contributed by atoms with E-state index in [2.05, 4.69) is 20.3 Å². The predicted octanol–water partition coefficient (Wildman–Crippen LogP) is 3.57. The number of hydrogen-bond acceptors (Lipinski definition) is 8. The van der Waals surface area contributed by atoms with Gasteiger partial charge in [-0.3, -0.25) is 15.2 Å². The van der Waals surface area contributed by atoms with Crippen LogP contribution in [0.1, 0.15) is 12.0 Å². The SMILES string of the molecule is O=C(Nc1cncc(OC[C@H](O)CO)n1)N1c2nc(-c3cccc(C(F)(F)F)c3)c(Cl)cc2N2CC[C@H]1C2. The average molecular weight is 551 g/mol. The van der Waals surface area contributed by atoms with Crippen LogP contribution >= 0.6 is 11.6 Å². The molecule has 0 spiro atoms. The molecule has 0 saturated carbocycles. The summed E-state index contributed by atoms with van der Waals surface area (Å²) in [7, 11) is 0. The number of carbonyl (C=O) groups excluding carboxylic acids is 1. The monoisotopic (exact) mass is 550 g/mol. The molecule has 0 radical (unpaired) electrons. The van der Waals surface area contributed by atoms with E-state index in [1.807, 2.05) is 4.90 Å². The Morgan fingerprint density at radius 2 is 2.08 bits per heavy atom. The Morgan fingerprint density at radius 3 is 2.84 bits per heavy atom. The number of aliphatic hydroxyl groups is 2. The Kier molecular flexibility index (Phi) is 6.99. The van der Waals surface area contributed by atoms with E-state index in [9.17, 15) is 23.1 Å². The van der Waals surface area contributed by atoms with Gasteiger partial charge < -0.3 is 19.8 Å². The zero-order valence-corrected chi connectivity index (χ0v) is 20.4. The molecule has 3 aromatic rings. The van der Waals surface area contributed by atoms with Gasteiger partial charge in [0.1, 0.15) is 12.7 Å². The number of hydrogen-bond donors (Lipinski definition) is 3. The fourth-order valence-electron chi connectivity index (χ4n) is 4.41. The summed E-state index contributed by atoms with van der Waals surface area (Å²) in [5.41, 5.74) is 0.0445. The van der Waals surface area contributed by atoms with Gasteiger partial charge in [0.05, 0.1) is 47.0 Å². The third-order valence-electron chi connectivity index (χ3n) is 6.20. The van der Waals surface area contributed by atoms with Crippen LogP contribution in [0.3, 0.4) is 0 Å². The second-order valence-corrected chi connectivity index (χ2v) is 9.23. The molecule has 14 heteroatoms. The lowest BCUT2D eigenvalue weighted by Gasteiger charge is -2.36. The third kappa shape index (κ3) is 5.17. The molecule has 4 heterocycles. The first-order chi connectivity index (χ1) is 18.1. The van der Waals surface area contributed by atoms with E-state index < -0.39 is 30.5 Å². The highest BCUT2D eigenvalue weighted by atomic mass is 35.5. The number of nitrogens with zero attached hydrogens (tertiary/aromatic N) is 5. The standard InChI is InChI=1S/C24H22ClF3N6O4/c25-17-7-18-22(32-21(17)13-2-1-3-14(6-13)24(26,27)28)34(15-4-5-33(18)10-15)23(37)31-19-8-29-9-20(30-19)38-12-16(36)11-35/h1-3,6-9,15-16,35-36H,4-5,10-12H2,(H,30,31,37)/t15-,16+/m0/s1. The van der Waals surface area contributed by atoms with Crippen LogP contribution in [0.4, 0.5) is 35.3 Å². The molecule has 2 aliphatic rings. The highest BCUT2D eigenvalue weighted by molar-refractivity contribution is 6.33. The molecule has 1 saturated heterocycles. The van der Waals surface area contributed by atoms with Crippen LogP contribution in [-0.4, -0.2) is 69.6 Å². The van der Waals surface area contributed by atoms with Crippen molar-refractivity contribution in [1.29, 1.82) is 0 Å². The molecule has 2 bridgehead atoms. The number of anilines is 3. The summed E-state index contributed by atoms with van der Waals surface area (Å²) in [6, 6.07) is 5.50. The smallest absolute Gasteiger partial charge is 0.416 e. The first-order valence-electron chi connectivity index (χ1n) is 11.6. The Balaban J connectivity index is 1.46. The highest BCUT2D eigenvalue weighted by Gasteiger charge is 2.41. The summed E-state index contributed by atoms with van der Waals surface area (Å²) >= 11 is 6.48. The van der Waals surface area contributed by atoms with E-state index in [-0.39, 0.29) is 46.4 Å². The fourth-order valence-corrected chi connectivity index (χ4v) is 4.67. The number of fused-ring (bicyclic) bond motifs is 4. The number of benzene rings is 1. The quantitative estimate of drug-likeness (QED) is 0.425. The molecular weight excluding hydrogens is 529 g/mol. The lowest BCUT2D eigenvalue weighted by molar-refractivity contribution is -0.137. The van der Waals surface area contributed by atoms with Crippen molar-refractivity contribution in [2.75, 3.05) is 41.4 Å². The van der Waals surface area contributed by atoms with Gasteiger partial charge in [0.15, 0.2) is 11.6 Å². The first-order valence-corrected chi connectivity index (χ1v) is 12.0. The van der Waals surface area contributed by atoms with Crippen LogP contribution in [-0.2, 0) is 6.18 Å². The molecule has 3 N–H and O–H groups in total. The number of aromatic nitrogens is 3. The fraction of sp³-hybridized carbons (Fsp3) is 0.333. The largest absolute Gasteiger partial charge is 0.474 e. The third-order valence-corrected chi connectivity index (χ3v) is 6.49. The number of alkyl halides is 3. The number of aliphatic hydroxyl groups excluding tert-OH is 2. The summed E-state index contributed by atoms with van der Waals surface area (Å²) in [5.74, 6) is 0.359. The number of nitrogens with one attached hydrogen (secondary N) is 1. The number of carbonyl (C=O) groups is 1. The van der Waals surface area contributed by atoms with Gasteiger partial charge >= 0.3 is 12.2 Å². The summed E-state index contributed by atoms with van der Waals surface area (Å²) in [6.45, 7) is 0.479. The summed E-state index contributed by atoms with van der Waals surface area (Å²) in [4.78, 5) is 29.6. The lowest BCUT2D eigenvalue weighted by Crippen LogP contribution is -2.48. The van der Waals surface area contributed by atoms with Crippen molar-refractivity contribution in [2.24, 2.45) is 0 Å². The van der Waals surface area contributed by atoms with Gasteiger partial charge in [-0.2, -0.15) is 18.2 Å². The van der Waals surface area contributed by atoms with Gasteiger partial charge in [-0.1, -0.05) is 23.7 Å². The molecule has 2 atom stereocenters. The van der Waals surface area contributed by atoms with Crippen LogP contribution in [0.25, 0.3) is 11.3 Å². The van der Waals surface area contributed by atoms with Crippen molar-refractivity contribution < 1.29 is 32.9 Å². The van der Waals surface area contributed by atoms with Crippen molar-refractivity contribution in [2.45, 2.75) is 24.7 Å². The zero-order chi connectivity index (χ0) is 27.0. The van der Waals surface area contributed by atoms with Crippen LogP contribution in [0.2, 0.25) is 5.02 Å². The van der Waals surface area contributed by atoms with E-state index in [4.69, 9.17) is 21.4 Å². The lowest BCUT2D eigenvalue weighted by atomic mass is 10.1. The maximum Gasteiger partial charge on any atom is 0.416 e. The van der Waals surface area contributed by atoms with Crippen molar-refractivity contribution in [3.63, 3.8) is 0 Å². The van der Waals surface area contributed by atoms with Gasteiger partial charge in [-0.15, -0.1) is 0 Å². The van der Waals surface area contributed by atoms with E-state index in [0.717, 1.165) is 12.1 Å². The van der Waals surface area contributed by atoms with Crippen molar-refractivity contribution in [1.82, 2.24) is 15.0 Å². The van der Waals surface area contributed by atoms with Crippen LogP contribution in [0.5, 0.6) is 5.88 Å². The maximum atomic E-state index is 13.5. The molecule has 2 amide bonds. The van der Waals surface area contributed by atoms with Gasteiger partial charge in [-0.05, 0) is 24.6 Å².